The molecule has 0 spiro atoms. The fourth-order valence-electron chi connectivity index (χ4n) is 4.94. The van der Waals surface area contributed by atoms with E-state index in [1.807, 2.05) is 0 Å². The fraction of sp³-hybridized carbons (Fsp3) is 0.781. The van der Waals surface area contributed by atoms with Gasteiger partial charge in [0.2, 0.25) is 0 Å². The van der Waals surface area contributed by atoms with Crippen LogP contribution in [0.25, 0.3) is 0 Å². The number of allylic oxidation sites excluding steroid dienone is 5. The molecule has 1 rings (SSSR count). The van der Waals surface area contributed by atoms with E-state index in [-0.39, 0.29) is 0 Å². The SMILES string of the molecule is C[N+](C)(C=C1C=CC=C[CH+]1)CCCCCCCCCCCCCCCCCCCCNCCC[Si]. The maximum absolute atomic E-state index is 3.52. The molecule has 199 valence electrons. The van der Waals surface area contributed by atoms with Crippen LogP contribution < -0.4 is 5.32 Å². The van der Waals surface area contributed by atoms with Crippen molar-refractivity contribution in [1.82, 2.24) is 5.32 Å². The highest BCUT2D eigenvalue weighted by molar-refractivity contribution is 6.08. The normalized spacial score (nSPS) is 14.7. The first-order valence-electron chi connectivity index (χ1n) is 15.2. The van der Waals surface area contributed by atoms with E-state index >= 15 is 0 Å². The smallest absolute Gasteiger partial charge is 0.177 e. The fourth-order valence-corrected chi connectivity index (χ4v) is 5.12. The highest BCUT2D eigenvalue weighted by Gasteiger charge is 2.17. The molecule has 1 aliphatic rings. The van der Waals surface area contributed by atoms with Gasteiger partial charge >= 0.3 is 0 Å². The summed E-state index contributed by atoms with van der Waals surface area (Å²) in [5, 5.41) is 3.52. The van der Waals surface area contributed by atoms with Gasteiger partial charge < -0.3 is 5.32 Å². The zero-order valence-corrected chi connectivity index (χ0v) is 24.7. The maximum atomic E-state index is 3.52. The molecule has 0 heterocycles. The zero-order valence-electron chi connectivity index (χ0n) is 23.7. The van der Waals surface area contributed by atoms with E-state index in [0.29, 0.717) is 0 Å². The van der Waals surface area contributed by atoms with Crippen LogP contribution in [0.2, 0.25) is 6.04 Å². The van der Waals surface area contributed by atoms with Gasteiger partial charge in [-0.15, -0.1) is 0 Å². The Labute approximate surface area is 224 Å². The van der Waals surface area contributed by atoms with Gasteiger partial charge in [-0.3, -0.25) is 4.48 Å². The molecule has 35 heavy (non-hydrogen) atoms. The molecule has 0 fully saturated rings. The van der Waals surface area contributed by atoms with Crippen molar-refractivity contribution < 1.29 is 4.48 Å². The quantitative estimate of drug-likeness (QED) is 0.0572. The van der Waals surface area contributed by atoms with Gasteiger partial charge in [0.15, 0.2) is 6.20 Å². The number of nitrogens with zero attached hydrogens (tertiary/aromatic N) is 1. The lowest BCUT2D eigenvalue weighted by Gasteiger charge is -2.22. The summed E-state index contributed by atoms with van der Waals surface area (Å²) in [5.41, 5.74) is 1.34. The van der Waals surface area contributed by atoms with Gasteiger partial charge in [-0.2, -0.15) is 0 Å². The third kappa shape index (κ3) is 22.2. The molecule has 3 heteroatoms. The summed E-state index contributed by atoms with van der Waals surface area (Å²) in [4.78, 5) is 0. The second-order valence-electron chi connectivity index (χ2n) is 11.3. The van der Waals surface area contributed by atoms with E-state index in [9.17, 15) is 0 Å². The van der Waals surface area contributed by atoms with E-state index in [4.69, 9.17) is 0 Å². The average Bonchev–Trinajstić information content (AvgIpc) is 2.85. The lowest BCUT2D eigenvalue weighted by Crippen LogP contribution is -2.34. The predicted octanol–water partition coefficient (Wildman–Crippen LogP) is 8.87. The predicted molar refractivity (Wildman–Crippen MR) is 159 cm³/mol. The van der Waals surface area contributed by atoms with Crippen LogP contribution in [0, 0.1) is 6.42 Å². The van der Waals surface area contributed by atoms with Gasteiger partial charge in [0.1, 0.15) is 5.57 Å². The Morgan fingerprint density at radius 2 is 1.11 bits per heavy atom. The van der Waals surface area contributed by atoms with Gasteiger partial charge in [0, 0.05) is 41.0 Å². The van der Waals surface area contributed by atoms with Crippen molar-refractivity contribution in [2.45, 2.75) is 128 Å². The summed E-state index contributed by atoms with van der Waals surface area (Å²) in [6, 6.07) is 1.11. The number of unbranched alkanes of at least 4 members (excludes halogenated alkanes) is 17. The standard InChI is InChI=1S/C32H59N2Si/c1-34(2,31-32-25-20-19-21-26-32)29-23-18-16-14-12-10-8-6-4-3-5-7-9-11-13-15-17-22-27-33-28-24-30-35/h19-21,25-26,31,33H,3-18,22-24,27-30H2,1-2H3/q+2. The van der Waals surface area contributed by atoms with Gasteiger partial charge in [0.25, 0.3) is 0 Å². The first-order valence-corrected chi connectivity index (χ1v) is 15.9. The third-order valence-corrected chi connectivity index (χ3v) is 7.52. The molecule has 0 unspecified atom stereocenters. The molecule has 0 aromatic rings. The Hall–Kier alpha value is -0.773. The lowest BCUT2D eigenvalue weighted by molar-refractivity contribution is -0.839. The van der Waals surface area contributed by atoms with E-state index < -0.39 is 0 Å². The number of hydrogen-bond donors (Lipinski definition) is 1. The minimum absolute atomic E-state index is 0.986. The summed E-state index contributed by atoms with van der Waals surface area (Å²) in [5.74, 6) is 0. The summed E-state index contributed by atoms with van der Waals surface area (Å²) in [6.45, 7) is 3.61. The molecule has 0 saturated carbocycles. The Morgan fingerprint density at radius 1 is 0.657 bits per heavy atom. The lowest BCUT2D eigenvalue weighted by atomic mass is 10.0. The Balaban J connectivity index is 1.74. The number of hydrogen-bond acceptors (Lipinski definition) is 1. The van der Waals surface area contributed by atoms with Crippen LogP contribution in [0.1, 0.15) is 122 Å². The zero-order chi connectivity index (χ0) is 25.3. The second-order valence-corrected chi connectivity index (χ2v) is 11.8. The summed E-state index contributed by atoms with van der Waals surface area (Å²) in [6.07, 6.45) is 40.2. The van der Waals surface area contributed by atoms with E-state index in [2.05, 4.69) is 66.6 Å². The van der Waals surface area contributed by atoms with Gasteiger partial charge in [-0.05, 0) is 38.8 Å². The first-order chi connectivity index (χ1) is 17.1. The Kier molecular flexibility index (Phi) is 21.8. The molecule has 0 aromatic carbocycles. The van der Waals surface area contributed by atoms with Crippen molar-refractivity contribution in [1.29, 1.82) is 0 Å². The summed E-state index contributed by atoms with van der Waals surface area (Å²) < 4.78 is 0.986. The highest BCUT2D eigenvalue weighted by atomic mass is 28.1. The largest absolute Gasteiger partial charge is 0.317 e. The van der Waals surface area contributed by atoms with Crippen molar-refractivity contribution in [3.05, 3.63) is 42.5 Å². The van der Waals surface area contributed by atoms with E-state index in [1.54, 1.807) is 0 Å². The van der Waals surface area contributed by atoms with Crippen LogP contribution >= 0.6 is 0 Å². The molecule has 0 atom stereocenters. The van der Waals surface area contributed by atoms with Gasteiger partial charge in [-0.25, -0.2) is 0 Å². The van der Waals surface area contributed by atoms with Crippen LogP contribution in [-0.2, 0) is 0 Å². The van der Waals surface area contributed by atoms with Crippen molar-refractivity contribution in [3.63, 3.8) is 0 Å². The van der Waals surface area contributed by atoms with Crippen molar-refractivity contribution in [3.8, 4) is 0 Å². The van der Waals surface area contributed by atoms with Gasteiger partial charge in [0.05, 0.1) is 20.6 Å². The molecule has 3 radical (unpaired) electrons. The summed E-state index contributed by atoms with van der Waals surface area (Å²) >= 11 is 0. The molecular weight excluding hydrogens is 440 g/mol. The Bertz CT molecular complexity index is 550. The maximum Gasteiger partial charge on any atom is 0.177 e. The van der Waals surface area contributed by atoms with Crippen LogP contribution in [0.3, 0.4) is 0 Å². The molecule has 1 N–H and O–H groups in total. The monoisotopic (exact) mass is 499 g/mol. The molecule has 0 aliphatic heterocycles. The van der Waals surface area contributed by atoms with Gasteiger partial charge in [-0.1, -0.05) is 102 Å². The van der Waals surface area contributed by atoms with Crippen molar-refractivity contribution >= 4 is 10.2 Å². The first kappa shape index (κ1) is 32.3. The van der Waals surface area contributed by atoms with Crippen molar-refractivity contribution in [2.75, 3.05) is 33.7 Å². The number of nitrogens with one attached hydrogen (secondary N) is 1. The molecule has 0 amide bonds. The van der Waals surface area contributed by atoms with Crippen LogP contribution in [0.5, 0.6) is 0 Å². The molecule has 0 aromatic heterocycles. The third-order valence-electron chi connectivity index (χ3n) is 7.17. The molecule has 0 saturated heterocycles. The minimum atomic E-state index is 0.986. The van der Waals surface area contributed by atoms with E-state index in [0.717, 1.165) is 17.1 Å². The van der Waals surface area contributed by atoms with Crippen LogP contribution in [-0.4, -0.2) is 48.5 Å². The molecule has 1 aliphatic carbocycles. The number of quaternary nitrogens is 1. The highest BCUT2D eigenvalue weighted by Crippen LogP contribution is 2.16. The number of rotatable bonds is 25. The average molecular weight is 500 g/mol. The second kappa shape index (κ2) is 23.6. The van der Waals surface area contributed by atoms with E-state index in [1.165, 1.54) is 141 Å². The minimum Gasteiger partial charge on any atom is -0.317 e. The van der Waals surface area contributed by atoms with Crippen LogP contribution in [0.4, 0.5) is 0 Å². The molecule has 2 nitrogen and oxygen atoms in total. The Morgan fingerprint density at radius 3 is 1.57 bits per heavy atom. The van der Waals surface area contributed by atoms with Crippen LogP contribution in [0.15, 0.2) is 36.1 Å². The topological polar surface area (TPSA) is 12.0 Å². The molecule has 0 bridgehead atoms. The van der Waals surface area contributed by atoms with Crippen molar-refractivity contribution in [2.24, 2.45) is 0 Å². The summed E-state index contributed by atoms with van der Waals surface area (Å²) in [7, 11) is 8.17. The molecular formula is C32H59N2Si+2.